The van der Waals surface area contributed by atoms with Gasteiger partial charge in [-0.05, 0) is 43.2 Å². The molecule has 0 radical (unpaired) electrons. The molecule has 24 heavy (non-hydrogen) atoms. The van der Waals surface area contributed by atoms with Gasteiger partial charge in [-0.3, -0.25) is 9.59 Å². The van der Waals surface area contributed by atoms with Crippen molar-refractivity contribution in [3.05, 3.63) is 75.8 Å². The van der Waals surface area contributed by atoms with Gasteiger partial charge in [-0.25, -0.2) is 4.39 Å². The van der Waals surface area contributed by atoms with Crippen molar-refractivity contribution < 1.29 is 9.18 Å². The molecule has 1 N–H and O–H groups in total. The van der Waals surface area contributed by atoms with E-state index in [9.17, 15) is 14.0 Å². The molecule has 3 rings (SSSR count). The summed E-state index contributed by atoms with van der Waals surface area (Å²) in [4.78, 5) is 24.3. The fourth-order valence-corrected chi connectivity index (χ4v) is 2.77. The molecular weight excluding hydrogens is 307 g/mol. The van der Waals surface area contributed by atoms with Crippen LogP contribution < -0.4 is 10.7 Å². The number of halogens is 1. The molecule has 1 heterocycles. The van der Waals surface area contributed by atoms with Crippen LogP contribution in [0.15, 0.2) is 53.5 Å². The van der Waals surface area contributed by atoms with Crippen molar-refractivity contribution in [3.8, 4) is 0 Å². The summed E-state index contributed by atoms with van der Waals surface area (Å²) in [7, 11) is 0. The number of amides is 1. The van der Waals surface area contributed by atoms with Gasteiger partial charge in [0.15, 0.2) is 5.43 Å². The van der Waals surface area contributed by atoms with Crippen LogP contribution in [0.3, 0.4) is 0 Å². The second-order valence-electron chi connectivity index (χ2n) is 5.78. The van der Waals surface area contributed by atoms with Crippen molar-refractivity contribution in [1.29, 1.82) is 0 Å². The number of aryl methyl sites for hydroxylation is 2. The molecule has 0 bridgehead atoms. The number of carbonyl (C=O) groups excluding carboxylic acids is 1. The third-order valence-electron chi connectivity index (χ3n) is 4.00. The highest BCUT2D eigenvalue weighted by Crippen LogP contribution is 2.19. The maximum Gasteiger partial charge on any atom is 0.244 e. The van der Waals surface area contributed by atoms with Crippen LogP contribution in [0.5, 0.6) is 0 Å². The number of rotatable bonds is 3. The number of carbonyl (C=O) groups is 1. The Morgan fingerprint density at radius 3 is 2.54 bits per heavy atom. The van der Waals surface area contributed by atoms with Crippen LogP contribution in [0.2, 0.25) is 0 Å². The summed E-state index contributed by atoms with van der Waals surface area (Å²) in [5.74, 6) is -0.681. The molecule has 4 nitrogen and oxygen atoms in total. The molecule has 2 aromatic carbocycles. The van der Waals surface area contributed by atoms with Crippen LogP contribution in [-0.2, 0) is 11.3 Å². The quantitative estimate of drug-likeness (QED) is 0.803. The first kappa shape index (κ1) is 15.9. The van der Waals surface area contributed by atoms with E-state index in [0.717, 1.165) is 16.8 Å². The largest absolute Gasteiger partial charge is 0.338 e. The number of aromatic nitrogens is 1. The Balaban J connectivity index is 1.91. The number of benzene rings is 2. The van der Waals surface area contributed by atoms with Gasteiger partial charge in [-0.1, -0.05) is 18.2 Å². The number of nitrogens with one attached hydrogen (secondary N) is 1. The standard InChI is InChI=1S/C19H17FN2O2/c1-12-4-3-5-13(2)19(12)21-18(24)11-22-9-8-17(23)15-10-14(20)6-7-16(15)22/h3-10H,11H2,1-2H3,(H,21,24). The summed E-state index contributed by atoms with van der Waals surface area (Å²) in [5.41, 5.74) is 3.01. The highest BCUT2D eigenvalue weighted by atomic mass is 19.1. The van der Waals surface area contributed by atoms with E-state index in [-0.39, 0.29) is 23.3 Å². The number of para-hydroxylation sites is 1. The van der Waals surface area contributed by atoms with Gasteiger partial charge in [-0.15, -0.1) is 0 Å². The zero-order valence-electron chi connectivity index (χ0n) is 13.5. The van der Waals surface area contributed by atoms with Crippen molar-refractivity contribution in [2.75, 3.05) is 5.32 Å². The molecule has 0 saturated carbocycles. The minimum Gasteiger partial charge on any atom is -0.338 e. The summed E-state index contributed by atoms with van der Waals surface area (Å²) in [5, 5.41) is 3.17. The zero-order chi connectivity index (χ0) is 17.3. The summed E-state index contributed by atoms with van der Waals surface area (Å²) >= 11 is 0. The molecule has 5 heteroatoms. The number of fused-ring (bicyclic) bond motifs is 1. The summed E-state index contributed by atoms with van der Waals surface area (Å²) in [6, 6.07) is 11.1. The van der Waals surface area contributed by atoms with Crippen LogP contribution in [0.1, 0.15) is 11.1 Å². The highest BCUT2D eigenvalue weighted by molar-refractivity contribution is 5.93. The minimum atomic E-state index is -0.475. The van der Waals surface area contributed by atoms with Crippen molar-refractivity contribution in [1.82, 2.24) is 4.57 Å². The molecule has 1 amide bonds. The molecule has 0 aliphatic rings. The Morgan fingerprint density at radius 1 is 1.12 bits per heavy atom. The monoisotopic (exact) mass is 324 g/mol. The molecular formula is C19H17FN2O2. The van der Waals surface area contributed by atoms with Gasteiger partial charge in [0.25, 0.3) is 0 Å². The minimum absolute atomic E-state index is 0.0379. The third-order valence-corrected chi connectivity index (χ3v) is 4.00. The number of anilines is 1. The molecule has 0 spiro atoms. The van der Waals surface area contributed by atoms with E-state index in [1.54, 1.807) is 10.8 Å². The van der Waals surface area contributed by atoms with Crippen molar-refractivity contribution >= 4 is 22.5 Å². The smallest absolute Gasteiger partial charge is 0.244 e. The van der Waals surface area contributed by atoms with E-state index >= 15 is 0 Å². The van der Waals surface area contributed by atoms with E-state index < -0.39 is 5.82 Å². The van der Waals surface area contributed by atoms with E-state index in [0.29, 0.717) is 5.52 Å². The maximum absolute atomic E-state index is 13.4. The van der Waals surface area contributed by atoms with Crippen LogP contribution in [0, 0.1) is 19.7 Å². The third kappa shape index (κ3) is 3.06. The van der Waals surface area contributed by atoms with Crippen LogP contribution in [0.25, 0.3) is 10.9 Å². The predicted octanol–water partition coefficient (Wildman–Crippen LogP) is 3.40. The van der Waals surface area contributed by atoms with Crippen molar-refractivity contribution in [3.63, 3.8) is 0 Å². The molecule has 122 valence electrons. The Labute approximate surface area is 138 Å². The predicted molar refractivity (Wildman–Crippen MR) is 92.7 cm³/mol. The van der Waals surface area contributed by atoms with Crippen molar-refractivity contribution in [2.24, 2.45) is 0 Å². The topological polar surface area (TPSA) is 51.1 Å². The van der Waals surface area contributed by atoms with E-state index in [4.69, 9.17) is 0 Å². The number of hydrogen-bond acceptors (Lipinski definition) is 2. The van der Waals surface area contributed by atoms with Gasteiger partial charge in [0.2, 0.25) is 5.91 Å². The van der Waals surface area contributed by atoms with Gasteiger partial charge >= 0.3 is 0 Å². The summed E-state index contributed by atoms with van der Waals surface area (Å²) < 4.78 is 15.0. The zero-order valence-corrected chi connectivity index (χ0v) is 13.5. The Bertz CT molecular complexity index is 972. The van der Waals surface area contributed by atoms with Gasteiger partial charge in [0.05, 0.1) is 5.52 Å². The van der Waals surface area contributed by atoms with Crippen LogP contribution in [0.4, 0.5) is 10.1 Å². The lowest BCUT2D eigenvalue weighted by atomic mass is 10.1. The SMILES string of the molecule is Cc1cccc(C)c1NC(=O)Cn1ccc(=O)c2cc(F)ccc21. The van der Waals surface area contributed by atoms with Crippen LogP contribution in [-0.4, -0.2) is 10.5 Å². The first-order chi connectivity index (χ1) is 11.5. The Hall–Kier alpha value is -2.95. The number of nitrogens with zero attached hydrogens (tertiary/aromatic N) is 1. The van der Waals surface area contributed by atoms with Gasteiger partial charge in [-0.2, -0.15) is 0 Å². The second kappa shape index (κ2) is 6.28. The number of pyridine rings is 1. The van der Waals surface area contributed by atoms with Gasteiger partial charge in [0.1, 0.15) is 12.4 Å². The lowest BCUT2D eigenvalue weighted by Gasteiger charge is -2.14. The Kier molecular flexibility index (Phi) is 4.16. The average molecular weight is 324 g/mol. The van der Waals surface area contributed by atoms with Crippen LogP contribution >= 0.6 is 0 Å². The van der Waals surface area contributed by atoms with Gasteiger partial charge in [0, 0.05) is 23.3 Å². The fourth-order valence-electron chi connectivity index (χ4n) is 2.77. The summed E-state index contributed by atoms with van der Waals surface area (Å²) in [6.45, 7) is 3.90. The second-order valence-corrected chi connectivity index (χ2v) is 5.78. The van der Waals surface area contributed by atoms with E-state index in [1.165, 1.54) is 24.3 Å². The summed E-state index contributed by atoms with van der Waals surface area (Å²) in [6.07, 6.45) is 1.55. The van der Waals surface area contributed by atoms with E-state index in [1.807, 2.05) is 32.0 Å². The Morgan fingerprint density at radius 2 is 1.83 bits per heavy atom. The first-order valence-corrected chi connectivity index (χ1v) is 7.60. The molecule has 3 aromatic rings. The molecule has 0 aliphatic heterocycles. The first-order valence-electron chi connectivity index (χ1n) is 7.60. The van der Waals surface area contributed by atoms with Gasteiger partial charge < -0.3 is 9.88 Å². The molecule has 0 fully saturated rings. The molecule has 1 aromatic heterocycles. The number of hydrogen-bond donors (Lipinski definition) is 1. The van der Waals surface area contributed by atoms with E-state index in [2.05, 4.69) is 5.32 Å². The fraction of sp³-hybridized carbons (Fsp3) is 0.158. The maximum atomic E-state index is 13.4. The highest BCUT2D eigenvalue weighted by Gasteiger charge is 2.10. The lowest BCUT2D eigenvalue weighted by molar-refractivity contribution is -0.116. The lowest BCUT2D eigenvalue weighted by Crippen LogP contribution is -2.21. The molecule has 0 atom stereocenters. The molecule has 0 unspecified atom stereocenters. The molecule has 0 aliphatic carbocycles. The molecule has 0 saturated heterocycles. The normalized spacial score (nSPS) is 10.8. The van der Waals surface area contributed by atoms with Crippen molar-refractivity contribution in [2.45, 2.75) is 20.4 Å². The average Bonchev–Trinajstić information content (AvgIpc) is 2.54.